The molecule has 4 nitrogen and oxygen atoms in total. The summed E-state index contributed by atoms with van der Waals surface area (Å²) in [6.45, 7) is 4.09. The maximum Gasteiger partial charge on any atom is 0.125 e. The van der Waals surface area contributed by atoms with Crippen molar-refractivity contribution in [3.05, 3.63) is 23.8 Å². The smallest absolute Gasteiger partial charge is 0.125 e. The molecule has 1 atom stereocenters. The monoisotopic (exact) mass is 265 g/mol. The van der Waals surface area contributed by atoms with Crippen LogP contribution in [0.25, 0.3) is 0 Å². The zero-order valence-corrected chi connectivity index (χ0v) is 12.8. The lowest BCUT2D eigenvalue weighted by Gasteiger charge is -2.26. The van der Waals surface area contributed by atoms with E-state index in [1.54, 1.807) is 7.11 Å². The molecule has 0 saturated carbocycles. The molecule has 0 heterocycles. The van der Waals surface area contributed by atoms with Crippen molar-refractivity contribution in [2.45, 2.75) is 19.4 Å². The fraction of sp³-hybridized carbons (Fsp3) is 0.600. The first-order chi connectivity index (χ1) is 8.97. The Morgan fingerprint density at radius 1 is 1.21 bits per heavy atom. The summed E-state index contributed by atoms with van der Waals surface area (Å²) in [7, 11) is 7.99. The van der Waals surface area contributed by atoms with Gasteiger partial charge in [0.25, 0.3) is 0 Å². The van der Waals surface area contributed by atoms with Crippen molar-refractivity contribution in [1.82, 2.24) is 4.90 Å². The number of nitrogens with zero attached hydrogens (tertiary/aromatic N) is 2. The third-order valence-corrected chi connectivity index (χ3v) is 3.23. The number of benzene rings is 1. The van der Waals surface area contributed by atoms with Crippen LogP contribution >= 0.6 is 0 Å². The van der Waals surface area contributed by atoms with Gasteiger partial charge in [-0.15, -0.1) is 0 Å². The van der Waals surface area contributed by atoms with Gasteiger partial charge in [0, 0.05) is 30.9 Å². The SMILES string of the molecule is COc1cccc(N(C)CCCN(C)C)c1[C@H](C)N. The molecule has 1 aromatic carbocycles. The molecule has 1 aromatic rings. The lowest BCUT2D eigenvalue weighted by molar-refractivity contribution is 0.400. The van der Waals surface area contributed by atoms with E-state index in [0.29, 0.717) is 0 Å². The average molecular weight is 265 g/mol. The Morgan fingerprint density at radius 3 is 2.42 bits per heavy atom. The highest BCUT2D eigenvalue weighted by molar-refractivity contribution is 5.60. The molecule has 2 N–H and O–H groups in total. The normalized spacial score (nSPS) is 12.6. The van der Waals surface area contributed by atoms with Crippen molar-refractivity contribution in [1.29, 1.82) is 0 Å². The summed E-state index contributed by atoms with van der Waals surface area (Å²) < 4.78 is 5.43. The van der Waals surface area contributed by atoms with Gasteiger partial charge in [-0.2, -0.15) is 0 Å². The zero-order chi connectivity index (χ0) is 14.4. The number of anilines is 1. The van der Waals surface area contributed by atoms with E-state index in [-0.39, 0.29) is 6.04 Å². The maximum absolute atomic E-state index is 6.09. The van der Waals surface area contributed by atoms with Gasteiger partial charge >= 0.3 is 0 Å². The van der Waals surface area contributed by atoms with Gasteiger partial charge in [0.2, 0.25) is 0 Å². The van der Waals surface area contributed by atoms with Crippen molar-refractivity contribution < 1.29 is 4.74 Å². The van der Waals surface area contributed by atoms with Crippen LogP contribution in [0.5, 0.6) is 5.75 Å². The second-order valence-corrected chi connectivity index (χ2v) is 5.26. The van der Waals surface area contributed by atoms with E-state index < -0.39 is 0 Å². The molecule has 0 radical (unpaired) electrons. The molecular formula is C15H27N3O. The first kappa shape index (κ1) is 15.8. The second-order valence-electron chi connectivity index (χ2n) is 5.26. The molecule has 0 fully saturated rings. The molecule has 0 aliphatic heterocycles. The minimum Gasteiger partial charge on any atom is -0.496 e. The van der Waals surface area contributed by atoms with Gasteiger partial charge in [0.05, 0.1) is 7.11 Å². The van der Waals surface area contributed by atoms with E-state index in [4.69, 9.17) is 10.5 Å². The first-order valence-electron chi connectivity index (χ1n) is 6.75. The van der Waals surface area contributed by atoms with Crippen LogP contribution < -0.4 is 15.4 Å². The molecule has 0 aromatic heterocycles. The van der Waals surface area contributed by atoms with Gasteiger partial charge in [-0.25, -0.2) is 0 Å². The predicted octanol–water partition coefficient (Wildman–Crippen LogP) is 2.10. The summed E-state index contributed by atoms with van der Waals surface area (Å²) >= 11 is 0. The van der Waals surface area contributed by atoms with E-state index in [1.165, 1.54) is 0 Å². The topological polar surface area (TPSA) is 41.7 Å². The van der Waals surface area contributed by atoms with Crippen LogP contribution in [0.4, 0.5) is 5.69 Å². The van der Waals surface area contributed by atoms with Crippen molar-refractivity contribution in [2.24, 2.45) is 5.73 Å². The number of rotatable bonds is 7. The molecule has 0 amide bonds. The molecule has 108 valence electrons. The van der Waals surface area contributed by atoms with E-state index in [9.17, 15) is 0 Å². The van der Waals surface area contributed by atoms with Crippen LogP contribution in [0.3, 0.4) is 0 Å². The molecule has 0 spiro atoms. The fourth-order valence-electron chi connectivity index (χ4n) is 2.25. The van der Waals surface area contributed by atoms with Crippen LogP contribution in [0.15, 0.2) is 18.2 Å². The highest BCUT2D eigenvalue weighted by Crippen LogP contribution is 2.33. The Balaban J connectivity index is 2.86. The zero-order valence-electron chi connectivity index (χ0n) is 12.8. The molecule has 0 unspecified atom stereocenters. The Morgan fingerprint density at radius 2 is 1.89 bits per heavy atom. The standard InChI is InChI=1S/C15H27N3O/c1-12(16)15-13(8-6-9-14(15)19-5)18(4)11-7-10-17(2)3/h6,8-9,12H,7,10-11,16H2,1-5H3/t12-/m0/s1. The summed E-state index contributed by atoms with van der Waals surface area (Å²) in [6, 6.07) is 6.05. The van der Waals surface area contributed by atoms with Crippen LogP contribution in [0, 0.1) is 0 Å². The van der Waals surface area contributed by atoms with Gasteiger partial charge in [0.1, 0.15) is 5.75 Å². The first-order valence-corrected chi connectivity index (χ1v) is 6.75. The molecular weight excluding hydrogens is 238 g/mol. The van der Waals surface area contributed by atoms with Crippen LogP contribution in [0.1, 0.15) is 24.9 Å². The minimum absolute atomic E-state index is 0.0394. The molecule has 1 rings (SSSR count). The third kappa shape index (κ3) is 4.40. The Bertz CT molecular complexity index is 391. The number of hydrogen-bond acceptors (Lipinski definition) is 4. The molecule has 0 bridgehead atoms. The number of hydrogen-bond donors (Lipinski definition) is 1. The highest BCUT2D eigenvalue weighted by atomic mass is 16.5. The van der Waals surface area contributed by atoms with Gasteiger partial charge < -0.3 is 20.3 Å². The minimum atomic E-state index is -0.0394. The van der Waals surface area contributed by atoms with Crippen LogP contribution in [-0.2, 0) is 0 Å². The van der Waals surface area contributed by atoms with Gasteiger partial charge in [-0.05, 0) is 46.1 Å². The van der Waals surface area contributed by atoms with Crippen molar-refractivity contribution in [2.75, 3.05) is 46.2 Å². The summed E-state index contributed by atoms with van der Waals surface area (Å²) in [5.74, 6) is 0.868. The third-order valence-electron chi connectivity index (χ3n) is 3.23. The molecule has 4 heteroatoms. The molecule has 0 aliphatic carbocycles. The lowest BCUT2D eigenvalue weighted by atomic mass is 10.0. The maximum atomic E-state index is 6.09. The number of ether oxygens (including phenoxy) is 1. The lowest BCUT2D eigenvalue weighted by Crippen LogP contribution is -2.25. The second kappa shape index (κ2) is 7.36. The van der Waals surface area contributed by atoms with E-state index in [0.717, 1.165) is 36.5 Å². The number of methoxy groups -OCH3 is 1. The Labute approximate surface area is 117 Å². The van der Waals surface area contributed by atoms with Crippen molar-refractivity contribution >= 4 is 5.69 Å². The summed E-state index contributed by atoms with van der Waals surface area (Å²) in [5.41, 5.74) is 8.33. The van der Waals surface area contributed by atoms with Gasteiger partial charge in [-0.1, -0.05) is 6.07 Å². The summed E-state index contributed by atoms with van der Waals surface area (Å²) in [4.78, 5) is 4.45. The van der Waals surface area contributed by atoms with E-state index >= 15 is 0 Å². The van der Waals surface area contributed by atoms with Gasteiger partial charge in [0.15, 0.2) is 0 Å². The Kier molecular flexibility index (Phi) is 6.12. The summed E-state index contributed by atoms with van der Waals surface area (Å²) in [5, 5.41) is 0. The Hall–Kier alpha value is -1.26. The van der Waals surface area contributed by atoms with E-state index in [2.05, 4.69) is 37.0 Å². The van der Waals surface area contributed by atoms with Crippen molar-refractivity contribution in [3.63, 3.8) is 0 Å². The fourth-order valence-corrected chi connectivity index (χ4v) is 2.25. The highest BCUT2D eigenvalue weighted by Gasteiger charge is 2.15. The van der Waals surface area contributed by atoms with Crippen LogP contribution in [0.2, 0.25) is 0 Å². The van der Waals surface area contributed by atoms with Crippen molar-refractivity contribution in [3.8, 4) is 5.75 Å². The molecule has 0 aliphatic rings. The molecule has 19 heavy (non-hydrogen) atoms. The number of nitrogens with two attached hydrogens (primary N) is 1. The molecule has 0 saturated heterocycles. The predicted molar refractivity (Wildman–Crippen MR) is 82.0 cm³/mol. The average Bonchev–Trinajstić information content (AvgIpc) is 2.36. The van der Waals surface area contributed by atoms with Crippen LogP contribution in [-0.4, -0.2) is 46.2 Å². The van der Waals surface area contributed by atoms with Gasteiger partial charge in [-0.3, -0.25) is 0 Å². The summed E-state index contributed by atoms with van der Waals surface area (Å²) in [6.07, 6.45) is 1.12. The quantitative estimate of drug-likeness (QED) is 0.820. The van der Waals surface area contributed by atoms with E-state index in [1.807, 2.05) is 19.1 Å². The largest absolute Gasteiger partial charge is 0.496 e.